The molecule has 0 aliphatic carbocycles. The van der Waals surface area contributed by atoms with Crippen molar-refractivity contribution in [2.45, 2.75) is 13.8 Å². The number of hydrogen-bond acceptors (Lipinski definition) is 6. The Morgan fingerprint density at radius 1 is 1.14 bits per heavy atom. The minimum Gasteiger partial charge on any atom is -0.436 e. The minimum atomic E-state index is -0.183. The monoisotopic (exact) mass is 302 g/mol. The van der Waals surface area contributed by atoms with Crippen LogP contribution in [0.2, 0.25) is 0 Å². The van der Waals surface area contributed by atoms with E-state index in [1.54, 1.807) is 44.2 Å². The van der Waals surface area contributed by atoms with Crippen LogP contribution in [-0.4, -0.2) is 16.6 Å². The number of aldehydes is 1. The summed E-state index contributed by atoms with van der Waals surface area (Å²) in [6, 6.07) is 9.83. The van der Waals surface area contributed by atoms with Gasteiger partial charge in [0, 0.05) is 17.7 Å². The van der Waals surface area contributed by atoms with Gasteiger partial charge in [-0.05, 0) is 43.3 Å². The average Bonchev–Trinajstić information content (AvgIpc) is 3.08. The molecule has 2 aromatic heterocycles. The van der Waals surface area contributed by atoms with Crippen molar-refractivity contribution in [2.24, 2.45) is 0 Å². The molecule has 1 aromatic carbocycles. The Labute approximate surface area is 125 Å². The van der Waals surface area contributed by atoms with Gasteiger partial charge in [0.05, 0.1) is 0 Å². The molecule has 0 amide bonds. The molecule has 0 aliphatic rings. The number of rotatable bonds is 3. The van der Waals surface area contributed by atoms with Crippen molar-refractivity contribution in [3.8, 4) is 11.6 Å². The Morgan fingerprint density at radius 2 is 1.86 bits per heavy atom. The Morgan fingerprint density at radius 3 is 2.27 bits per heavy atom. The smallest absolute Gasteiger partial charge is 0.280 e. The van der Waals surface area contributed by atoms with Gasteiger partial charge in [-0.25, -0.2) is 0 Å². The lowest BCUT2D eigenvalue weighted by atomic mass is 10.2. The molecule has 0 unspecified atom stereocenters. The van der Waals surface area contributed by atoms with Gasteiger partial charge in [0.25, 0.3) is 11.4 Å². The molecule has 2 heterocycles. The number of hydrogen-bond donors (Lipinski definition) is 1. The molecule has 0 aliphatic heterocycles. The zero-order valence-electron chi connectivity index (χ0n) is 12.0. The van der Waals surface area contributed by atoms with E-state index in [1.807, 2.05) is 0 Å². The van der Waals surface area contributed by atoms with Gasteiger partial charge in [0.2, 0.25) is 0 Å². The molecular formula is C15H14N2O5. The number of H-pyrrole nitrogens is 1. The maximum absolute atomic E-state index is 10.4. The highest BCUT2D eigenvalue weighted by Gasteiger charge is 2.02. The number of aromatic nitrogens is 2. The van der Waals surface area contributed by atoms with Gasteiger partial charge in [-0.15, -0.1) is 0 Å². The third kappa shape index (κ3) is 4.48. The fraction of sp³-hybridized carbons (Fsp3) is 0.133. The van der Waals surface area contributed by atoms with Gasteiger partial charge >= 0.3 is 0 Å². The predicted octanol–water partition coefficient (Wildman–Crippen LogP) is 2.86. The summed E-state index contributed by atoms with van der Waals surface area (Å²) in [5.74, 6) is 2.33. The van der Waals surface area contributed by atoms with Gasteiger partial charge in [-0.1, -0.05) is 0 Å². The van der Waals surface area contributed by atoms with E-state index in [2.05, 4.69) is 14.8 Å². The summed E-state index contributed by atoms with van der Waals surface area (Å²) in [7, 11) is 0. The molecule has 0 fully saturated rings. The Bertz CT molecular complexity index is 783. The van der Waals surface area contributed by atoms with Gasteiger partial charge < -0.3 is 13.8 Å². The molecule has 0 radical (unpaired) electrons. The first-order valence-electron chi connectivity index (χ1n) is 6.38. The molecule has 0 saturated carbocycles. The van der Waals surface area contributed by atoms with E-state index in [0.29, 0.717) is 28.7 Å². The van der Waals surface area contributed by atoms with Crippen LogP contribution in [0, 0.1) is 13.8 Å². The zero-order chi connectivity index (χ0) is 15.9. The second kappa shape index (κ2) is 7.07. The van der Waals surface area contributed by atoms with E-state index >= 15 is 0 Å². The number of aryl methyl sites for hydroxylation is 2. The van der Waals surface area contributed by atoms with Crippen molar-refractivity contribution in [3.63, 3.8) is 0 Å². The van der Waals surface area contributed by atoms with Crippen LogP contribution < -0.4 is 10.3 Å². The van der Waals surface area contributed by atoms with Crippen LogP contribution in [-0.2, 0) is 0 Å². The number of nitrogens with one attached hydrogen (secondary N) is 1. The predicted molar refractivity (Wildman–Crippen MR) is 77.2 cm³/mol. The van der Waals surface area contributed by atoms with Crippen LogP contribution >= 0.6 is 0 Å². The first kappa shape index (κ1) is 15.3. The quantitative estimate of drug-likeness (QED) is 0.747. The Balaban J connectivity index is 0.000000211. The Hall–Kier alpha value is -3.09. The van der Waals surface area contributed by atoms with Crippen LogP contribution in [0.15, 0.2) is 50.2 Å². The molecule has 0 bridgehead atoms. The molecule has 0 saturated heterocycles. The number of nitrogens with zero attached hydrogens (tertiary/aromatic N) is 1. The first-order valence-corrected chi connectivity index (χ1v) is 6.38. The lowest BCUT2D eigenvalue weighted by Gasteiger charge is -2.00. The standard InChI is InChI=1S/C11H9NO3.C4H5NO2/c1-8-6-11(12-15-8)14-10-4-2-9(7-13)3-5-10;1-3-2-4(6)5-7-3/h2-7H,1H3;2H,1H3,(H,5,6). The second-order valence-electron chi connectivity index (χ2n) is 4.39. The topological polar surface area (TPSA) is 98.3 Å². The van der Waals surface area contributed by atoms with Gasteiger partial charge in [0.15, 0.2) is 0 Å². The van der Waals surface area contributed by atoms with E-state index in [-0.39, 0.29) is 5.56 Å². The van der Waals surface area contributed by atoms with E-state index in [0.717, 1.165) is 6.29 Å². The highest BCUT2D eigenvalue weighted by atomic mass is 16.5. The number of carbonyl (C=O) groups is 1. The third-order valence-electron chi connectivity index (χ3n) is 2.49. The van der Waals surface area contributed by atoms with E-state index in [4.69, 9.17) is 9.26 Å². The molecule has 1 N–H and O–H groups in total. The highest BCUT2D eigenvalue weighted by molar-refractivity contribution is 5.74. The van der Waals surface area contributed by atoms with Gasteiger partial charge in [-0.2, -0.15) is 5.16 Å². The SMILES string of the molecule is Cc1cc(=O)[nH]o1.Cc1cc(Oc2ccc(C=O)cc2)no1. The lowest BCUT2D eigenvalue weighted by Crippen LogP contribution is -1.92. The second-order valence-corrected chi connectivity index (χ2v) is 4.39. The van der Waals surface area contributed by atoms with E-state index in [9.17, 15) is 9.59 Å². The first-order chi connectivity index (χ1) is 10.6. The van der Waals surface area contributed by atoms with Crippen molar-refractivity contribution in [1.29, 1.82) is 0 Å². The molecule has 7 heteroatoms. The maximum atomic E-state index is 10.4. The van der Waals surface area contributed by atoms with Crippen LogP contribution in [0.25, 0.3) is 0 Å². The maximum Gasteiger partial charge on any atom is 0.280 e. The Kier molecular flexibility index (Phi) is 4.92. The molecule has 22 heavy (non-hydrogen) atoms. The fourth-order valence-electron chi connectivity index (χ4n) is 1.50. The summed E-state index contributed by atoms with van der Waals surface area (Å²) in [5.41, 5.74) is 0.427. The molecule has 3 rings (SSSR count). The normalized spacial score (nSPS) is 9.73. The number of ether oxygens (including phenoxy) is 1. The minimum absolute atomic E-state index is 0.183. The third-order valence-corrected chi connectivity index (χ3v) is 2.49. The van der Waals surface area contributed by atoms with Crippen molar-refractivity contribution in [2.75, 3.05) is 0 Å². The summed E-state index contributed by atoms with van der Waals surface area (Å²) in [6.07, 6.45) is 0.782. The summed E-state index contributed by atoms with van der Waals surface area (Å²) in [5, 5.41) is 5.82. The molecule has 114 valence electrons. The molecule has 0 atom stereocenters. The van der Waals surface area contributed by atoms with Gasteiger partial charge in [-0.3, -0.25) is 9.59 Å². The lowest BCUT2D eigenvalue weighted by molar-refractivity contribution is 0.112. The fourth-order valence-corrected chi connectivity index (χ4v) is 1.50. The summed E-state index contributed by atoms with van der Waals surface area (Å²) >= 11 is 0. The van der Waals surface area contributed by atoms with E-state index < -0.39 is 0 Å². The molecule has 0 spiro atoms. The van der Waals surface area contributed by atoms with Crippen LogP contribution in [0.5, 0.6) is 11.6 Å². The number of aromatic amines is 1. The van der Waals surface area contributed by atoms with Crippen LogP contribution in [0.1, 0.15) is 21.9 Å². The van der Waals surface area contributed by atoms with E-state index in [1.165, 1.54) is 6.07 Å². The zero-order valence-corrected chi connectivity index (χ0v) is 12.0. The highest BCUT2D eigenvalue weighted by Crippen LogP contribution is 2.20. The number of benzene rings is 1. The molecule has 7 nitrogen and oxygen atoms in total. The summed E-state index contributed by atoms with van der Waals surface area (Å²) < 4.78 is 14.8. The van der Waals surface area contributed by atoms with Gasteiger partial charge in [0.1, 0.15) is 23.6 Å². The summed E-state index contributed by atoms with van der Waals surface area (Å²) in [4.78, 5) is 20.6. The molecule has 3 aromatic rings. The molecular weight excluding hydrogens is 288 g/mol. The largest absolute Gasteiger partial charge is 0.436 e. The summed E-state index contributed by atoms with van der Waals surface area (Å²) in [6.45, 7) is 3.49. The van der Waals surface area contributed by atoms with Crippen molar-refractivity contribution in [3.05, 3.63) is 63.8 Å². The van der Waals surface area contributed by atoms with Crippen molar-refractivity contribution in [1.82, 2.24) is 10.3 Å². The van der Waals surface area contributed by atoms with Crippen molar-refractivity contribution >= 4 is 6.29 Å². The average molecular weight is 302 g/mol. The van der Waals surface area contributed by atoms with Crippen LogP contribution in [0.3, 0.4) is 0 Å². The number of carbonyl (C=O) groups excluding carboxylic acids is 1. The van der Waals surface area contributed by atoms with Crippen molar-refractivity contribution < 1.29 is 18.6 Å². The van der Waals surface area contributed by atoms with Crippen LogP contribution in [0.4, 0.5) is 0 Å².